The number of aromatic nitrogens is 1. The average molecular weight is 412 g/mol. The molecule has 1 fully saturated rings. The highest BCUT2D eigenvalue weighted by Crippen LogP contribution is 2.44. The molecule has 0 amide bonds. The highest BCUT2D eigenvalue weighted by Gasteiger charge is 2.45. The Kier molecular flexibility index (Phi) is 5.98. The fourth-order valence-electron chi connectivity index (χ4n) is 5.45. The molecule has 7 heteroatoms. The first kappa shape index (κ1) is 20.7. The number of carbonyl (C=O) groups excluding carboxylic acids is 1. The van der Waals surface area contributed by atoms with Gasteiger partial charge < -0.3 is 24.5 Å². The van der Waals surface area contributed by atoms with Crippen molar-refractivity contribution in [2.45, 2.75) is 37.9 Å². The maximum absolute atomic E-state index is 12.6. The van der Waals surface area contributed by atoms with Gasteiger partial charge >= 0.3 is 5.97 Å². The number of benzene rings is 1. The van der Waals surface area contributed by atoms with Gasteiger partial charge in [0.2, 0.25) is 0 Å². The molecule has 1 saturated carbocycles. The molecule has 0 spiro atoms. The van der Waals surface area contributed by atoms with Crippen molar-refractivity contribution in [3.05, 3.63) is 35.5 Å². The van der Waals surface area contributed by atoms with Gasteiger partial charge in [-0.25, -0.2) is 0 Å². The Balaban J connectivity index is 1.80. The van der Waals surface area contributed by atoms with Crippen LogP contribution in [0.15, 0.2) is 24.3 Å². The molecule has 1 unspecified atom stereocenters. The number of aliphatic hydroxyl groups excluding tert-OH is 1. The quantitative estimate of drug-likeness (QED) is 0.582. The Hall–Kier alpha value is -2.56. The Morgan fingerprint density at radius 1 is 1.30 bits per heavy atom. The average Bonchev–Trinajstić information content (AvgIpc) is 3.14. The molecule has 7 nitrogen and oxygen atoms in total. The summed E-state index contributed by atoms with van der Waals surface area (Å²) in [5, 5.41) is 21.5. The molecule has 2 aliphatic rings. The van der Waals surface area contributed by atoms with Crippen LogP contribution in [0.3, 0.4) is 0 Å². The van der Waals surface area contributed by atoms with E-state index in [9.17, 15) is 15.2 Å². The van der Waals surface area contributed by atoms with Crippen LogP contribution in [0.25, 0.3) is 10.9 Å². The number of nitriles is 1. The third kappa shape index (κ3) is 3.66. The van der Waals surface area contributed by atoms with Gasteiger partial charge in [-0.05, 0) is 49.1 Å². The number of fused-ring (bicyclic) bond motifs is 4. The van der Waals surface area contributed by atoms with Crippen molar-refractivity contribution in [3.63, 3.8) is 0 Å². The van der Waals surface area contributed by atoms with Crippen LogP contribution in [0.4, 0.5) is 0 Å². The Labute approximate surface area is 176 Å². The monoisotopic (exact) mass is 411 g/mol. The minimum Gasteiger partial charge on any atom is -0.469 e. The maximum Gasteiger partial charge on any atom is 0.311 e. The van der Waals surface area contributed by atoms with Gasteiger partial charge in [-0.1, -0.05) is 18.2 Å². The van der Waals surface area contributed by atoms with E-state index in [4.69, 9.17) is 9.47 Å². The van der Waals surface area contributed by atoms with Gasteiger partial charge in [0.05, 0.1) is 25.2 Å². The number of ether oxygens (including phenoxy) is 2. The zero-order valence-corrected chi connectivity index (χ0v) is 17.5. The Morgan fingerprint density at radius 3 is 2.83 bits per heavy atom. The summed E-state index contributed by atoms with van der Waals surface area (Å²) in [7, 11) is 3.05. The molecule has 5 atom stereocenters. The molecule has 2 aromatic rings. The van der Waals surface area contributed by atoms with Crippen LogP contribution in [0.2, 0.25) is 0 Å². The molecular weight excluding hydrogens is 382 g/mol. The number of para-hydroxylation sites is 1. The fourth-order valence-corrected chi connectivity index (χ4v) is 5.45. The third-order valence-corrected chi connectivity index (χ3v) is 6.96. The first-order valence-corrected chi connectivity index (χ1v) is 10.6. The molecule has 1 aromatic heterocycles. The number of methoxy groups -OCH3 is 2. The second-order valence-electron chi connectivity index (χ2n) is 8.44. The summed E-state index contributed by atoms with van der Waals surface area (Å²) in [6.07, 6.45) is 3.99. The number of nitrogens with one attached hydrogen (secondary N) is 1. The summed E-state index contributed by atoms with van der Waals surface area (Å²) >= 11 is 0. The zero-order chi connectivity index (χ0) is 21.3. The number of hydrogen-bond acceptors (Lipinski definition) is 6. The van der Waals surface area contributed by atoms with E-state index < -0.39 is 12.0 Å². The van der Waals surface area contributed by atoms with Crippen molar-refractivity contribution in [1.82, 2.24) is 9.88 Å². The van der Waals surface area contributed by atoms with Crippen LogP contribution in [0.5, 0.6) is 0 Å². The molecule has 0 bridgehead atoms. The second kappa shape index (κ2) is 8.66. The van der Waals surface area contributed by atoms with E-state index in [-0.39, 0.29) is 23.9 Å². The van der Waals surface area contributed by atoms with Crippen LogP contribution in [0.1, 0.15) is 36.6 Å². The zero-order valence-electron chi connectivity index (χ0n) is 17.5. The largest absolute Gasteiger partial charge is 0.469 e. The van der Waals surface area contributed by atoms with Crippen LogP contribution in [0, 0.1) is 29.2 Å². The molecule has 2 N–H and O–H groups in total. The van der Waals surface area contributed by atoms with Gasteiger partial charge in [-0.2, -0.15) is 5.26 Å². The molecular formula is C23H29N3O4. The van der Waals surface area contributed by atoms with Gasteiger partial charge in [0, 0.05) is 36.8 Å². The smallest absolute Gasteiger partial charge is 0.311 e. The van der Waals surface area contributed by atoms with E-state index in [1.165, 1.54) is 7.11 Å². The van der Waals surface area contributed by atoms with Crippen molar-refractivity contribution in [3.8, 4) is 6.19 Å². The summed E-state index contributed by atoms with van der Waals surface area (Å²) in [5.74, 6) is -1.02. The highest BCUT2D eigenvalue weighted by molar-refractivity contribution is 5.84. The number of aromatic amines is 1. The fraction of sp³-hybridized carbons (Fsp3) is 0.565. The lowest BCUT2D eigenvalue weighted by molar-refractivity contribution is -0.158. The lowest BCUT2D eigenvalue weighted by atomic mass is 9.67. The number of esters is 1. The van der Waals surface area contributed by atoms with Crippen molar-refractivity contribution in [2.75, 3.05) is 27.3 Å². The lowest BCUT2D eigenvalue weighted by Gasteiger charge is -2.42. The first-order chi connectivity index (χ1) is 14.6. The van der Waals surface area contributed by atoms with Crippen LogP contribution < -0.4 is 0 Å². The van der Waals surface area contributed by atoms with E-state index in [0.29, 0.717) is 25.9 Å². The predicted molar refractivity (Wildman–Crippen MR) is 111 cm³/mol. The van der Waals surface area contributed by atoms with E-state index >= 15 is 0 Å². The molecule has 30 heavy (non-hydrogen) atoms. The highest BCUT2D eigenvalue weighted by atomic mass is 16.5. The number of carbonyl (C=O) groups is 1. The number of aliphatic hydroxyl groups is 1. The van der Waals surface area contributed by atoms with E-state index in [1.54, 1.807) is 12.0 Å². The lowest BCUT2D eigenvalue weighted by Crippen LogP contribution is -2.47. The predicted octanol–water partition coefficient (Wildman–Crippen LogP) is 2.76. The second-order valence-corrected chi connectivity index (χ2v) is 8.44. The molecule has 4 rings (SSSR count). The summed E-state index contributed by atoms with van der Waals surface area (Å²) < 4.78 is 11.0. The van der Waals surface area contributed by atoms with Gasteiger partial charge in [-0.3, -0.25) is 4.79 Å². The van der Waals surface area contributed by atoms with Gasteiger partial charge in [0.1, 0.15) is 0 Å². The first-order valence-electron chi connectivity index (χ1n) is 10.6. The standard InChI is InChI=1S/C23H29N3O4/c1-29-20-11-17-14(7-8-19(27)21(17)23(28)30-2)12-26(13-24)10-9-16-15-5-3-4-6-18(15)25-22(16)20/h3-6,14,17,19-21,25,27H,7-12H2,1-2H3/t14-,17?,19-,20+,21+/m0/s1. The number of hydrogen-bond donors (Lipinski definition) is 2. The van der Waals surface area contributed by atoms with Crippen LogP contribution >= 0.6 is 0 Å². The molecule has 1 aromatic carbocycles. The third-order valence-electron chi connectivity index (χ3n) is 6.96. The molecule has 1 aliphatic heterocycles. The normalized spacial score (nSPS) is 29.5. The summed E-state index contributed by atoms with van der Waals surface area (Å²) in [6.45, 7) is 1.19. The summed E-state index contributed by atoms with van der Waals surface area (Å²) in [5.41, 5.74) is 3.19. The van der Waals surface area contributed by atoms with Crippen molar-refractivity contribution in [2.24, 2.45) is 17.8 Å². The summed E-state index contributed by atoms with van der Waals surface area (Å²) in [6, 6.07) is 8.14. The molecule has 1 aliphatic carbocycles. The van der Waals surface area contributed by atoms with Crippen LogP contribution in [-0.4, -0.2) is 54.4 Å². The number of nitrogens with zero attached hydrogens (tertiary/aromatic N) is 2. The molecule has 0 radical (unpaired) electrons. The van der Waals surface area contributed by atoms with E-state index in [2.05, 4.69) is 17.2 Å². The van der Waals surface area contributed by atoms with Crippen LogP contribution in [-0.2, 0) is 20.7 Å². The minimum absolute atomic E-state index is 0.112. The van der Waals surface area contributed by atoms with Gasteiger partial charge in [-0.15, -0.1) is 0 Å². The van der Waals surface area contributed by atoms with Crippen molar-refractivity contribution in [1.29, 1.82) is 5.26 Å². The topological polar surface area (TPSA) is 98.6 Å². The van der Waals surface area contributed by atoms with E-state index in [0.717, 1.165) is 35.0 Å². The van der Waals surface area contributed by atoms with Crippen molar-refractivity contribution >= 4 is 16.9 Å². The van der Waals surface area contributed by atoms with Crippen molar-refractivity contribution < 1.29 is 19.4 Å². The summed E-state index contributed by atoms with van der Waals surface area (Å²) in [4.78, 5) is 17.9. The Morgan fingerprint density at radius 2 is 2.10 bits per heavy atom. The molecule has 160 valence electrons. The van der Waals surface area contributed by atoms with Gasteiger partial charge in [0.15, 0.2) is 6.19 Å². The SMILES string of the molecule is COC(=O)[C@@H]1C2C[C@@H](OC)c3[nH]c4ccccc4c3CCN(C#N)C[C@@H]2CC[C@@H]1O. The maximum atomic E-state index is 12.6. The van der Waals surface area contributed by atoms with Gasteiger partial charge in [0.25, 0.3) is 0 Å². The number of rotatable bonds is 2. The molecule has 0 saturated heterocycles. The Bertz CT molecular complexity index is 950. The minimum atomic E-state index is -0.739. The van der Waals surface area contributed by atoms with E-state index in [1.807, 2.05) is 18.2 Å². The molecule has 2 heterocycles. The number of H-pyrrole nitrogens is 1.